The molecule has 2 aromatic rings. The molecule has 26 heavy (non-hydrogen) atoms. The maximum absolute atomic E-state index is 12.6. The first kappa shape index (κ1) is 18.5. The molecule has 0 bridgehead atoms. The highest BCUT2D eigenvalue weighted by Crippen LogP contribution is 2.18. The van der Waals surface area contributed by atoms with Crippen molar-refractivity contribution >= 4 is 29.3 Å². The third kappa shape index (κ3) is 4.86. The zero-order chi connectivity index (χ0) is 18.4. The third-order valence-corrected chi connectivity index (χ3v) is 5.27. The van der Waals surface area contributed by atoms with Crippen LogP contribution in [0.1, 0.15) is 28.4 Å². The largest absolute Gasteiger partial charge is 0.337 e. The molecule has 1 aliphatic rings. The zero-order valence-electron chi connectivity index (χ0n) is 14.6. The van der Waals surface area contributed by atoms with E-state index in [1.807, 2.05) is 47.0 Å². The molecule has 0 radical (unpaired) electrons. The highest BCUT2D eigenvalue weighted by Gasteiger charge is 2.19. The summed E-state index contributed by atoms with van der Waals surface area (Å²) in [5, 5.41) is 2.85. The number of thioether (sulfide) groups is 1. The molecule has 1 fully saturated rings. The molecule has 0 saturated carbocycles. The monoisotopic (exact) mass is 369 g/mol. The second kappa shape index (κ2) is 8.87. The van der Waals surface area contributed by atoms with Crippen LogP contribution >= 0.6 is 11.8 Å². The number of hydrogen-bond donors (Lipinski definition) is 2. The van der Waals surface area contributed by atoms with Gasteiger partial charge in [-0.2, -0.15) is 11.8 Å². The molecule has 136 valence electrons. The summed E-state index contributed by atoms with van der Waals surface area (Å²) >= 11 is 1.86. The molecule has 3 N–H and O–H groups in total. The van der Waals surface area contributed by atoms with Crippen LogP contribution in [0.5, 0.6) is 0 Å². The van der Waals surface area contributed by atoms with Crippen molar-refractivity contribution in [2.45, 2.75) is 12.5 Å². The smallest absolute Gasteiger partial charge is 0.253 e. The van der Waals surface area contributed by atoms with Crippen molar-refractivity contribution in [1.82, 2.24) is 4.90 Å². The molecule has 0 aliphatic carbocycles. The van der Waals surface area contributed by atoms with E-state index in [0.29, 0.717) is 11.3 Å². The van der Waals surface area contributed by atoms with Gasteiger partial charge in [-0.3, -0.25) is 9.59 Å². The molecule has 2 amide bonds. The Balaban J connectivity index is 1.61. The molecule has 5 nitrogen and oxygen atoms in total. The average molecular weight is 369 g/mol. The fourth-order valence-electron chi connectivity index (χ4n) is 2.91. The van der Waals surface area contributed by atoms with Crippen molar-refractivity contribution in [3.05, 3.63) is 65.7 Å². The normalized spacial score (nSPS) is 15.3. The summed E-state index contributed by atoms with van der Waals surface area (Å²) < 4.78 is 0. The van der Waals surface area contributed by atoms with Crippen LogP contribution < -0.4 is 11.1 Å². The first-order valence-electron chi connectivity index (χ1n) is 8.71. The topological polar surface area (TPSA) is 75.4 Å². The van der Waals surface area contributed by atoms with E-state index < -0.39 is 0 Å². The van der Waals surface area contributed by atoms with Gasteiger partial charge >= 0.3 is 0 Å². The minimum absolute atomic E-state index is 0.0161. The minimum atomic E-state index is -0.355. The maximum atomic E-state index is 12.6. The molecule has 3 rings (SSSR count). The molecule has 1 heterocycles. The highest BCUT2D eigenvalue weighted by atomic mass is 32.2. The van der Waals surface area contributed by atoms with Gasteiger partial charge in [0.1, 0.15) is 0 Å². The Kier molecular flexibility index (Phi) is 6.30. The van der Waals surface area contributed by atoms with Gasteiger partial charge in [0.2, 0.25) is 5.91 Å². The van der Waals surface area contributed by atoms with E-state index in [1.54, 1.807) is 24.3 Å². The van der Waals surface area contributed by atoms with Gasteiger partial charge in [-0.25, -0.2) is 0 Å². The van der Waals surface area contributed by atoms with Crippen LogP contribution in [0.25, 0.3) is 0 Å². The second-order valence-corrected chi connectivity index (χ2v) is 7.48. The lowest BCUT2D eigenvalue weighted by Crippen LogP contribution is -2.37. The lowest BCUT2D eigenvalue weighted by atomic mass is 10.0. The van der Waals surface area contributed by atoms with Crippen LogP contribution in [0.2, 0.25) is 0 Å². The van der Waals surface area contributed by atoms with E-state index >= 15 is 0 Å². The Morgan fingerprint density at radius 1 is 1.08 bits per heavy atom. The van der Waals surface area contributed by atoms with Crippen LogP contribution in [0.4, 0.5) is 5.69 Å². The Hall–Kier alpha value is -2.31. The van der Waals surface area contributed by atoms with Crippen LogP contribution in [0, 0.1) is 0 Å². The lowest BCUT2D eigenvalue weighted by Gasteiger charge is -2.26. The van der Waals surface area contributed by atoms with Crippen molar-refractivity contribution in [2.24, 2.45) is 5.73 Å². The zero-order valence-corrected chi connectivity index (χ0v) is 15.4. The third-order valence-electron chi connectivity index (χ3n) is 4.32. The molecule has 1 saturated heterocycles. The Bertz CT molecular complexity index is 761. The van der Waals surface area contributed by atoms with Crippen LogP contribution in [-0.2, 0) is 4.79 Å². The second-order valence-electron chi connectivity index (χ2n) is 6.25. The standard InChI is InChI=1S/C20H23N3O2S/c21-18(15-5-2-1-3-6-15)14-19(24)22-17-8-4-7-16(13-17)20(25)23-9-11-26-12-10-23/h1-8,13,18H,9-12,14,21H2,(H,22,24). The van der Waals surface area contributed by atoms with Crippen LogP contribution in [-0.4, -0.2) is 41.3 Å². The molecule has 2 aromatic carbocycles. The maximum Gasteiger partial charge on any atom is 0.253 e. The van der Waals surface area contributed by atoms with E-state index in [0.717, 1.165) is 30.2 Å². The Morgan fingerprint density at radius 3 is 2.54 bits per heavy atom. The SMILES string of the molecule is NC(CC(=O)Nc1cccc(C(=O)N2CCSCC2)c1)c1ccccc1. The number of nitrogens with zero attached hydrogens (tertiary/aromatic N) is 1. The summed E-state index contributed by atoms with van der Waals surface area (Å²) in [5.41, 5.74) is 8.24. The van der Waals surface area contributed by atoms with E-state index in [4.69, 9.17) is 5.73 Å². The molecule has 1 atom stereocenters. The number of carbonyl (C=O) groups is 2. The van der Waals surface area contributed by atoms with E-state index in [9.17, 15) is 9.59 Å². The van der Waals surface area contributed by atoms with Gasteiger partial charge in [0.25, 0.3) is 5.91 Å². The highest BCUT2D eigenvalue weighted by molar-refractivity contribution is 7.99. The predicted molar refractivity (Wildman–Crippen MR) is 106 cm³/mol. The number of amides is 2. The van der Waals surface area contributed by atoms with Crippen molar-refractivity contribution < 1.29 is 9.59 Å². The van der Waals surface area contributed by atoms with Gasteiger partial charge < -0.3 is 16.0 Å². The van der Waals surface area contributed by atoms with Crippen LogP contribution in [0.15, 0.2) is 54.6 Å². The first-order chi connectivity index (χ1) is 12.6. The Labute approximate surface area is 157 Å². The van der Waals surface area contributed by atoms with Gasteiger partial charge in [-0.15, -0.1) is 0 Å². The number of hydrogen-bond acceptors (Lipinski definition) is 4. The molecule has 0 spiro atoms. The molecule has 1 unspecified atom stereocenters. The van der Waals surface area contributed by atoms with E-state index in [1.165, 1.54) is 0 Å². The summed E-state index contributed by atoms with van der Waals surface area (Å²) in [6.07, 6.45) is 0.186. The first-order valence-corrected chi connectivity index (χ1v) is 9.86. The fourth-order valence-corrected chi connectivity index (χ4v) is 3.81. The fraction of sp³-hybridized carbons (Fsp3) is 0.300. The predicted octanol–water partition coefficient (Wildman–Crippen LogP) is 2.90. The Morgan fingerprint density at radius 2 is 1.81 bits per heavy atom. The van der Waals surface area contributed by atoms with Crippen molar-refractivity contribution in [3.63, 3.8) is 0 Å². The lowest BCUT2D eigenvalue weighted by molar-refractivity contribution is -0.116. The summed E-state index contributed by atoms with van der Waals surface area (Å²) in [4.78, 5) is 26.7. The molecular formula is C20H23N3O2S. The molecule has 0 aromatic heterocycles. The number of anilines is 1. The number of benzene rings is 2. The number of rotatable bonds is 5. The van der Waals surface area contributed by atoms with Crippen molar-refractivity contribution in [2.75, 3.05) is 29.9 Å². The number of carbonyl (C=O) groups excluding carboxylic acids is 2. The minimum Gasteiger partial charge on any atom is -0.337 e. The quantitative estimate of drug-likeness (QED) is 0.850. The number of nitrogens with one attached hydrogen (secondary N) is 1. The van der Waals surface area contributed by atoms with Gasteiger partial charge in [0.15, 0.2) is 0 Å². The summed E-state index contributed by atoms with van der Waals surface area (Å²) in [7, 11) is 0. The van der Waals surface area contributed by atoms with Crippen molar-refractivity contribution in [1.29, 1.82) is 0 Å². The summed E-state index contributed by atoms with van der Waals surface area (Å²) in [6.45, 7) is 1.54. The van der Waals surface area contributed by atoms with Gasteiger partial charge in [-0.1, -0.05) is 36.4 Å². The van der Waals surface area contributed by atoms with E-state index in [-0.39, 0.29) is 24.3 Å². The molecular weight excluding hydrogens is 346 g/mol. The average Bonchev–Trinajstić information content (AvgIpc) is 2.69. The van der Waals surface area contributed by atoms with Gasteiger partial charge in [0, 0.05) is 48.3 Å². The molecule has 1 aliphatic heterocycles. The van der Waals surface area contributed by atoms with E-state index in [2.05, 4.69) is 5.32 Å². The van der Waals surface area contributed by atoms with Gasteiger partial charge in [0.05, 0.1) is 0 Å². The van der Waals surface area contributed by atoms with Gasteiger partial charge in [-0.05, 0) is 23.8 Å². The summed E-state index contributed by atoms with van der Waals surface area (Å²) in [5.74, 6) is 1.79. The summed E-state index contributed by atoms with van der Waals surface area (Å²) in [6, 6.07) is 16.3. The number of nitrogens with two attached hydrogens (primary N) is 1. The molecule has 6 heteroatoms. The van der Waals surface area contributed by atoms with Crippen molar-refractivity contribution in [3.8, 4) is 0 Å². The van der Waals surface area contributed by atoms with Crippen LogP contribution in [0.3, 0.4) is 0 Å².